The highest BCUT2D eigenvalue weighted by molar-refractivity contribution is 5.79. The van der Waals surface area contributed by atoms with Crippen LogP contribution in [-0.2, 0) is 4.74 Å². The van der Waals surface area contributed by atoms with Crippen LogP contribution in [0.5, 0.6) is 0 Å². The molecule has 0 aliphatic carbocycles. The standard InChI is InChI=1S/C24H26FN7O3/c1-24(2,3)35-23(33)31-6-4-17(5-7-31)32-13-15(11-29-32)14-8-18(20(26)27-10-14)22-30-21-19(34-22)9-16(25)12-28-21/h8-13,17H,4-7H2,1-3H3,(H2,26,27). The average Bonchev–Trinajstić information content (AvgIpc) is 3.45. The van der Waals surface area contributed by atoms with E-state index in [4.69, 9.17) is 14.9 Å². The molecule has 0 unspecified atom stereocenters. The molecule has 0 spiro atoms. The lowest BCUT2D eigenvalue weighted by molar-refractivity contribution is 0.0185. The first-order valence-corrected chi connectivity index (χ1v) is 11.4. The highest BCUT2D eigenvalue weighted by Crippen LogP contribution is 2.32. The van der Waals surface area contributed by atoms with Crippen molar-refractivity contribution in [2.45, 2.75) is 45.3 Å². The molecule has 0 bridgehead atoms. The molecule has 1 aliphatic rings. The Bertz CT molecular complexity index is 1380. The number of oxazole rings is 1. The number of nitrogens with two attached hydrogens (primary N) is 1. The van der Waals surface area contributed by atoms with Gasteiger partial charge in [0.25, 0.3) is 0 Å². The molecule has 0 radical (unpaired) electrons. The minimum Gasteiger partial charge on any atom is -0.444 e. The molecule has 11 heteroatoms. The van der Waals surface area contributed by atoms with Crippen LogP contribution in [0.3, 0.4) is 0 Å². The SMILES string of the molecule is CC(C)(C)OC(=O)N1CCC(n2cc(-c3cnc(N)c(-c4nc5ncc(F)cc5o4)c3)cn2)CC1. The van der Waals surface area contributed by atoms with Gasteiger partial charge in [-0.25, -0.2) is 19.2 Å². The first kappa shape index (κ1) is 22.8. The van der Waals surface area contributed by atoms with E-state index in [-0.39, 0.29) is 35.1 Å². The highest BCUT2D eigenvalue weighted by atomic mass is 19.1. The lowest BCUT2D eigenvalue weighted by Gasteiger charge is -2.33. The zero-order chi connectivity index (χ0) is 24.7. The first-order valence-electron chi connectivity index (χ1n) is 11.4. The molecule has 1 amide bonds. The molecule has 5 heterocycles. The number of nitrogens with zero attached hydrogens (tertiary/aromatic N) is 6. The van der Waals surface area contributed by atoms with Crippen LogP contribution < -0.4 is 5.73 Å². The Morgan fingerprint density at radius 2 is 1.91 bits per heavy atom. The monoisotopic (exact) mass is 479 g/mol. The zero-order valence-electron chi connectivity index (χ0n) is 19.7. The third-order valence-corrected chi connectivity index (χ3v) is 5.79. The Morgan fingerprint density at radius 3 is 2.66 bits per heavy atom. The summed E-state index contributed by atoms with van der Waals surface area (Å²) in [6.45, 7) is 6.80. The second-order valence-corrected chi connectivity index (χ2v) is 9.56. The molecule has 0 saturated carbocycles. The lowest BCUT2D eigenvalue weighted by Crippen LogP contribution is -2.42. The zero-order valence-corrected chi connectivity index (χ0v) is 19.7. The summed E-state index contributed by atoms with van der Waals surface area (Å²) in [6, 6.07) is 3.21. The van der Waals surface area contributed by atoms with Crippen LogP contribution >= 0.6 is 0 Å². The average molecular weight is 480 g/mol. The molecular weight excluding hydrogens is 453 g/mol. The molecule has 1 aliphatic heterocycles. The van der Waals surface area contributed by atoms with E-state index in [9.17, 15) is 9.18 Å². The number of fused-ring (bicyclic) bond motifs is 1. The quantitative estimate of drug-likeness (QED) is 0.457. The number of pyridine rings is 2. The normalized spacial score (nSPS) is 15.0. The number of halogens is 1. The van der Waals surface area contributed by atoms with Crippen LogP contribution in [0.25, 0.3) is 33.8 Å². The molecule has 5 rings (SSSR count). The van der Waals surface area contributed by atoms with Gasteiger partial charge in [0.1, 0.15) is 17.2 Å². The van der Waals surface area contributed by atoms with Crippen LogP contribution in [0.15, 0.2) is 41.3 Å². The Morgan fingerprint density at radius 1 is 1.14 bits per heavy atom. The van der Waals surface area contributed by atoms with Crippen molar-refractivity contribution in [1.29, 1.82) is 0 Å². The van der Waals surface area contributed by atoms with Gasteiger partial charge in [0.2, 0.25) is 5.89 Å². The lowest BCUT2D eigenvalue weighted by atomic mass is 10.1. The summed E-state index contributed by atoms with van der Waals surface area (Å²) in [5.41, 5.74) is 8.21. The van der Waals surface area contributed by atoms with E-state index in [1.165, 1.54) is 6.07 Å². The van der Waals surface area contributed by atoms with E-state index in [0.29, 0.717) is 18.7 Å². The Hall–Kier alpha value is -4.02. The summed E-state index contributed by atoms with van der Waals surface area (Å²) in [5.74, 6) is -0.0565. The van der Waals surface area contributed by atoms with Crippen molar-refractivity contribution >= 4 is 23.1 Å². The fourth-order valence-corrected chi connectivity index (χ4v) is 4.04. The summed E-state index contributed by atoms with van der Waals surface area (Å²) < 4.78 is 26.5. The second kappa shape index (κ2) is 8.64. The number of piperidine rings is 1. The molecule has 4 aromatic rings. The molecule has 35 heavy (non-hydrogen) atoms. The summed E-state index contributed by atoms with van der Waals surface area (Å²) in [4.78, 5) is 26.6. The van der Waals surface area contributed by atoms with Crippen molar-refractivity contribution < 1.29 is 18.3 Å². The van der Waals surface area contributed by atoms with Crippen LogP contribution in [0.1, 0.15) is 39.7 Å². The number of hydrogen-bond donors (Lipinski definition) is 1. The summed E-state index contributed by atoms with van der Waals surface area (Å²) >= 11 is 0. The number of carbonyl (C=O) groups excluding carboxylic acids is 1. The van der Waals surface area contributed by atoms with Crippen molar-refractivity contribution in [1.82, 2.24) is 29.6 Å². The van der Waals surface area contributed by atoms with Crippen LogP contribution in [0, 0.1) is 5.82 Å². The fraction of sp³-hybridized carbons (Fsp3) is 0.375. The maximum Gasteiger partial charge on any atom is 0.410 e. The summed E-state index contributed by atoms with van der Waals surface area (Å²) in [7, 11) is 0. The van der Waals surface area contributed by atoms with Crippen LogP contribution in [-0.4, -0.2) is 54.4 Å². The van der Waals surface area contributed by atoms with Crippen LogP contribution in [0.2, 0.25) is 0 Å². The van der Waals surface area contributed by atoms with E-state index in [0.717, 1.165) is 30.2 Å². The number of hydrogen-bond acceptors (Lipinski definition) is 8. The number of amides is 1. The fourth-order valence-electron chi connectivity index (χ4n) is 4.04. The molecule has 0 atom stereocenters. The molecule has 1 fully saturated rings. The van der Waals surface area contributed by atoms with E-state index in [1.54, 1.807) is 17.3 Å². The van der Waals surface area contributed by atoms with Gasteiger partial charge >= 0.3 is 6.09 Å². The van der Waals surface area contributed by atoms with Gasteiger partial charge < -0.3 is 19.8 Å². The second-order valence-electron chi connectivity index (χ2n) is 9.56. The Balaban J connectivity index is 1.32. The van der Waals surface area contributed by atoms with Gasteiger partial charge in [0.15, 0.2) is 11.2 Å². The van der Waals surface area contributed by atoms with Crippen molar-refractivity contribution in [2.75, 3.05) is 18.8 Å². The number of anilines is 1. The largest absolute Gasteiger partial charge is 0.444 e. The van der Waals surface area contributed by atoms with Crippen molar-refractivity contribution in [3.8, 4) is 22.6 Å². The molecular formula is C24H26FN7O3. The number of carbonyl (C=O) groups is 1. The van der Waals surface area contributed by atoms with Gasteiger partial charge in [-0.1, -0.05) is 0 Å². The molecule has 0 aromatic carbocycles. The first-order chi connectivity index (χ1) is 16.7. The van der Waals surface area contributed by atoms with Gasteiger partial charge in [-0.15, -0.1) is 0 Å². The number of nitrogen functional groups attached to an aromatic ring is 1. The van der Waals surface area contributed by atoms with Crippen molar-refractivity contribution in [3.63, 3.8) is 0 Å². The number of ether oxygens (including phenoxy) is 1. The summed E-state index contributed by atoms with van der Waals surface area (Å²) in [6.07, 6.45) is 7.73. The molecule has 1 saturated heterocycles. The van der Waals surface area contributed by atoms with Gasteiger partial charge in [-0.2, -0.15) is 10.1 Å². The van der Waals surface area contributed by atoms with Gasteiger partial charge in [-0.3, -0.25) is 4.68 Å². The van der Waals surface area contributed by atoms with E-state index < -0.39 is 11.4 Å². The third-order valence-electron chi connectivity index (χ3n) is 5.79. The van der Waals surface area contributed by atoms with Gasteiger partial charge in [-0.05, 0) is 39.7 Å². The van der Waals surface area contributed by atoms with E-state index >= 15 is 0 Å². The van der Waals surface area contributed by atoms with Crippen molar-refractivity contribution in [2.24, 2.45) is 0 Å². The Labute approximate surface area is 200 Å². The van der Waals surface area contributed by atoms with E-state index in [1.807, 2.05) is 37.7 Å². The van der Waals surface area contributed by atoms with E-state index in [2.05, 4.69) is 20.1 Å². The topological polar surface area (TPSA) is 125 Å². The number of aromatic nitrogens is 5. The molecule has 2 N–H and O–H groups in total. The smallest absolute Gasteiger partial charge is 0.410 e. The van der Waals surface area contributed by atoms with Gasteiger partial charge in [0.05, 0.1) is 24.0 Å². The highest BCUT2D eigenvalue weighted by Gasteiger charge is 2.28. The third kappa shape index (κ3) is 4.79. The minimum atomic E-state index is -0.513. The maximum atomic E-state index is 13.5. The Kier molecular flexibility index (Phi) is 5.62. The predicted molar refractivity (Wildman–Crippen MR) is 127 cm³/mol. The van der Waals surface area contributed by atoms with Gasteiger partial charge in [0, 0.05) is 42.7 Å². The maximum absolute atomic E-state index is 13.5. The summed E-state index contributed by atoms with van der Waals surface area (Å²) in [5, 5.41) is 4.55. The van der Waals surface area contributed by atoms with Crippen LogP contribution in [0.4, 0.5) is 15.0 Å². The predicted octanol–water partition coefficient (Wildman–Crippen LogP) is 4.44. The minimum absolute atomic E-state index is 0.168. The molecule has 182 valence electrons. The number of likely N-dealkylation sites (tertiary alicyclic amines) is 1. The number of rotatable bonds is 3. The van der Waals surface area contributed by atoms with Crippen molar-refractivity contribution in [3.05, 3.63) is 42.7 Å². The molecule has 10 nitrogen and oxygen atoms in total. The molecule has 4 aromatic heterocycles.